The molecule has 0 atom stereocenters. The first-order valence-corrected chi connectivity index (χ1v) is 8.35. The van der Waals surface area contributed by atoms with Gasteiger partial charge in [-0.3, -0.25) is 4.99 Å². The molecule has 0 saturated carbocycles. The molecule has 0 aliphatic rings. The summed E-state index contributed by atoms with van der Waals surface area (Å²) < 4.78 is 30.7. The standard InChI is InChI=1S/C17H24F2N6O/c1-4-15-23-22-12-25(15)10-9-21-17(20-2)24(3)11-13-5-7-14(8-6-13)26-16(18)19/h5-8,12,16H,4,9-11H2,1-3H3,(H,20,21). The van der Waals surface area contributed by atoms with Crippen molar-refractivity contribution in [2.24, 2.45) is 4.99 Å². The van der Waals surface area contributed by atoms with E-state index in [0.717, 1.165) is 30.3 Å². The lowest BCUT2D eigenvalue weighted by molar-refractivity contribution is -0.0498. The first-order chi connectivity index (χ1) is 12.5. The summed E-state index contributed by atoms with van der Waals surface area (Å²) in [7, 11) is 3.63. The Morgan fingerprint density at radius 3 is 2.69 bits per heavy atom. The highest BCUT2D eigenvalue weighted by molar-refractivity contribution is 5.79. The Balaban J connectivity index is 1.85. The fraction of sp³-hybridized carbons (Fsp3) is 0.471. The van der Waals surface area contributed by atoms with Crippen molar-refractivity contribution in [2.75, 3.05) is 20.6 Å². The lowest BCUT2D eigenvalue weighted by atomic mass is 10.2. The Kier molecular flexibility index (Phi) is 7.31. The normalized spacial score (nSPS) is 11.7. The van der Waals surface area contributed by atoms with Crippen LogP contribution in [0.1, 0.15) is 18.3 Å². The monoisotopic (exact) mass is 366 g/mol. The topological polar surface area (TPSA) is 67.6 Å². The van der Waals surface area contributed by atoms with E-state index in [9.17, 15) is 8.78 Å². The molecule has 0 bridgehead atoms. The van der Waals surface area contributed by atoms with Crippen LogP contribution in [0, 0.1) is 0 Å². The highest BCUT2D eigenvalue weighted by Gasteiger charge is 2.08. The van der Waals surface area contributed by atoms with Gasteiger partial charge in [0.05, 0.1) is 0 Å². The molecule has 0 saturated heterocycles. The van der Waals surface area contributed by atoms with E-state index in [4.69, 9.17) is 0 Å². The Hall–Kier alpha value is -2.71. The van der Waals surface area contributed by atoms with Gasteiger partial charge in [-0.1, -0.05) is 19.1 Å². The van der Waals surface area contributed by atoms with Crippen LogP contribution in [0.15, 0.2) is 35.6 Å². The maximum absolute atomic E-state index is 12.2. The average molecular weight is 366 g/mol. The molecule has 26 heavy (non-hydrogen) atoms. The summed E-state index contributed by atoms with van der Waals surface area (Å²) in [6.07, 6.45) is 2.55. The van der Waals surface area contributed by atoms with Crippen LogP contribution in [0.4, 0.5) is 8.78 Å². The predicted octanol–water partition coefficient (Wildman–Crippen LogP) is 2.15. The van der Waals surface area contributed by atoms with E-state index in [0.29, 0.717) is 13.1 Å². The minimum atomic E-state index is -2.81. The van der Waals surface area contributed by atoms with Crippen LogP contribution in [-0.2, 0) is 19.5 Å². The molecule has 1 heterocycles. The molecule has 0 spiro atoms. The Bertz CT molecular complexity index is 702. The number of aryl methyl sites for hydroxylation is 1. The number of rotatable bonds is 8. The Labute approximate surface area is 151 Å². The van der Waals surface area contributed by atoms with Crippen molar-refractivity contribution in [3.63, 3.8) is 0 Å². The highest BCUT2D eigenvalue weighted by atomic mass is 19.3. The first kappa shape index (κ1) is 19.6. The van der Waals surface area contributed by atoms with Crippen molar-refractivity contribution in [2.45, 2.75) is 33.0 Å². The quantitative estimate of drug-likeness (QED) is 0.573. The molecule has 1 aromatic heterocycles. The van der Waals surface area contributed by atoms with E-state index in [2.05, 4.69) is 25.2 Å². The maximum atomic E-state index is 12.2. The van der Waals surface area contributed by atoms with Gasteiger partial charge in [0, 0.05) is 40.2 Å². The lowest BCUT2D eigenvalue weighted by Gasteiger charge is -2.22. The van der Waals surface area contributed by atoms with Crippen LogP contribution in [0.2, 0.25) is 0 Å². The third-order valence-electron chi connectivity index (χ3n) is 3.79. The van der Waals surface area contributed by atoms with Gasteiger partial charge in [0.15, 0.2) is 5.96 Å². The van der Waals surface area contributed by atoms with E-state index in [1.165, 1.54) is 12.1 Å². The number of benzene rings is 1. The van der Waals surface area contributed by atoms with Crippen molar-refractivity contribution in [1.82, 2.24) is 25.0 Å². The van der Waals surface area contributed by atoms with Gasteiger partial charge in [-0.05, 0) is 17.7 Å². The van der Waals surface area contributed by atoms with Gasteiger partial charge >= 0.3 is 6.61 Å². The minimum absolute atomic E-state index is 0.148. The zero-order chi connectivity index (χ0) is 18.9. The molecule has 0 fully saturated rings. The molecule has 0 radical (unpaired) electrons. The molecule has 1 aromatic carbocycles. The molecule has 142 valence electrons. The molecule has 7 nitrogen and oxygen atoms in total. The number of ether oxygens (including phenoxy) is 1. The lowest BCUT2D eigenvalue weighted by Crippen LogP contribution is -2.39. The summed E-state index contributed by atoms with van der Waals surface area (Å²) in [5, 5.41) is 11.3. The van der Waals surface area contributed by atoms with Gasteiger partial charge in [0.25, 0.3) is 0 Å². The number of guanidine groups is 1. The predicted molar refractivity (Wildman–Crippen MR) is 95.3 cm³/mol. The number of nitrogens with zero attached hydrogens (tertiary/aromatic N) is 5. The third-order valence-corrected chi connectivity index (χ3v) is 3.79. The third kappa shape index (κ3) is 5.68. The largest absolute Gasteiger partial charge is 0.435 e. The number of aromatic nitrogens is 3. The molecule has 2 aromatic rings. The van der Waals surface area contributed by atoms with E-state index >= 15 is 0 Å². The second kappa shape index (κ2) is 9.69. The van der Waals surface area contributed by atoms with Crippen molar-refractivity contribution in [3.8, 4) is 5.75 Å². The molecule has 0 aliphatic carbocycles. The number of alkyl halides is 2. The van der Waals surface area contributed by atoms with Crippen LogP contribution in [-0.4, -0.2) is 52.9 Å². The van der Waals surface area contributed by atoms with Gasteiger partial charge in [0.2, 0.25) is 0 Å². The van der Waals surface area contributed by atoms with Gasteiger partial charge in [0.1, 0.15) is 17.9 Å². The zero-order valence-corrected chi connectivity index (χ0v) is 15.2. The molecule has 1 N–H and O–H groups in total. The first-order valence-electron chi connectivity index (χ1n) is 8.35. The molecular weight excluding hydrogens is 342 g/mol. The molecule has 0 aliphatic heterocycles. The van der Waals surface area contributed by atoms with E-state index in [1.807, 2.05) is 23.4 Å². The van der Waals surface area contributed by atoms with Crippen molar-refractivity contribution in [1.29, 1.82) is 0 Å². The van der Waals surface area contributed by atoms with Crippen molar-refractivity contribution in [3.05, 3.63) is 42.0 Å². The summed E-state index contributed by atoms with van der Waals surface area (Å²) in [5.41, 5.74) is 0.962. The number of hydrogen-bond donors (Lipinski definition) is 1. The highest BCUT2D eigenvalue weighted by Crippen LogP contribution is 2.15. The fourth-order valence-corrected chi connectivity index (χ4v) is 2.54. The maximum Gasteiger partial charge on any atom is 0.387 e. The molecule has 0 unspecified atom stereocenters. The van der Waals surface area contributed by atoms with Crippen LogP contribution >= 0.6 is 0 Å². The summed E-state index contributed by atoms with van der Waals surface area (Å²) in [4.78, 5) is 6.22. The number of halogens is 2. The van der Waals surface area contributed by atoms with E-state index in [-0.39, 0.29) is 5.75 Å². The zero-order valence-electron chi connectivity index (χ0n) is 15.2. The average Bonchev–Trinajstić information content (AvgIpc) is 3.07. The molecule has 0 amide bonds. The summed E-state index contributed by atoms with van der Waals surface area (Å²) in [6, 6.07) is 6.58. The SMILES string of the molecule is CCc1nncn1CCNC(=NC)N(C)Cc1ccc(OC(F)F)cc1. The van der Waals surface area contributed by atoms with Gasteiger partial charge in [-0.2, -0.15) is 8.78 Å². The number of aliphatic imine (C=N–C) groups is 1. The smallest absolute Gasteiger partial charge is 0.387 e. The Morgan fingerprint density at radius 1 is 1.35 bits per heavy atom. The van der Waals surface area contributed by atoms with Gasteiger partial charge in [-0.15, -0.1) is 10.2 Å². The summed E-state index contributed by atoms with van der Waals surface area (Å²) >= 11 is 0. The van der Waals surface area contributed by atoms with Crippen molar-refractivity contribution >= 4 is 5.96 Å². The Morgan fingerprint density at radius 2 is 2.08 bits per heavy atom. The fourth-order valence-electron chi connectivity index (χ4n) is 2.54. The summed E-state index contributed by atoms with van der Waals surface area (Å²) in [6.45, 7) is 1.23. The van der Waals surface area contributed by atoms with Gasteiger partial charge in [-0.25, -0.2) is 0 Å². The van der Waals surface area contributed by atoms with Crippen molar-refractivity contribution < 1.29 is 13.5 Å². The van der Waals surface area contributed by atoms with Crippen LogP contribution in [0.25, 0.3) is 0 Å². The molecule has 9 heteroatoms. The number of hydrogen-bond acceptors (Lipinski definition) is 4. The van der Waals surface area contributed by atoms with Crippen LogP contribution in [0.3, 0.4) is 0 Å². The van der Waals surface area contributed by atoms with E-state index < -0.39 is 6.61 Å². The second-order valence-electron chi connectivity index (χ2n) is 5.65. The molecular formula is C17H24F2N6O. The second-order valence-corrected chi connectivity index (χ2v) is 5.65. The number of nitrogens with one attached hydrogen (secondary N) is 1. The van der Waals surface area contributed by atoms with Crippen LogP contribution in [0.5, 0.6) is 5.75 Å². The minimum Gasteiger partial charge on any atom is -0.435 e. The van der Waals surface area contributed by atoms with E-state index in [1.54, 1.807) is 25.5 Å². The summed E-state index contributed by atoms with van der Waals surface area (Å²) in [5.74, 6) is 1.83. The molecule has 2 rings (SSSR count). The van der Waals surface area contributed by atoms with Crippen LogP contribution < -0.4 is 10.1 Å². The van der Waals surface area contributed by atoms with Gasteiger partial charge < -0.3 is 19.5 Å².